The van der Waals surface area contributed by atoms with E-state index in [1.54, 1.807) is 0 Å². The van der Waals surface area contributed by atoms with Crippen LogP contribution >= 0.6 is 0 Å². The molecule has 1 fully saturated rings. The number of aromatic nitrogens is 2. The van der Waals surface area contributed by atoms with Crippen molar-refractivity contribution in [3.05, 3.63) is 83.0 Å². The maximum atomic E-state index is 5.46. The summed E-state index contributed by atoms with van der Waals surface area (Å²) in [5.74, 6) is 1.47. The van der Waals surface area contributed by atoms with Crippen LogP contribution in [0.25, 0.3) is 0 Å². The summed E-state index contributed by atoms with van der Waals surface area (Å²) >= 11 is 0. The fourth-order valence-corrected chi connectivity index (χ4v) is 3.53. The normalized spacial score (nSPS) is 15.9. The van der Waals surface area contributed by atoms with Gasteiger partial charge in [0.1, 0.15) is 0 Å². The number of aryl methyl sites for hydroxylation is 1. The molecule has 0 bridgehead atoms. The number of benzene rings is 2. The molecule has 0 N–H and O–H groups in total. The minimum absolute atomic E-state index is 0.716. The third-order valence-corrected chi connectivity index (χ3v) is 5.19. The van der Waals surface area contributed by atoms with E-state index >= 15 is 0 Å². The number of piperazine rings is 1. The van der Waals surface area contributed by atoms with E-state index in [0.29, 0.717) is 12.3 Å². The summed E-state index contributed by atoms with van der Waals surface area (Å²) in [6, 6.07) is 18.9. The Hall–Kier alpha value is -2.50. The minimum Gasteiger partial charge on any atom is -0.338 e. The van der Waals surface area contributed by atoms with Crippen LogP contribution in [0.1, 0.15) is 28.4 Å². The average molecular weight is 362 g/mol. The molecule has 27 heavy (non-hydrogen) atoms. The van der Waals surface area contributed by atoms with Gasteiger partial charge in [-0.3, -0.25) is 9.80 Å². The van der Waals surface area contributed by atoms with E-state index < -0.39 is 0 Å². The van der Waals surface area contributed by atoms with Crippen molar-refractivity contribution < 1.29 is 4.52 Å². The van der Waals surface area contributed by atoms with Crippen LogP contribution in [-0.2, 0) is 19.5 Å². The van der Waals surface area contributed by atoms with Gasteiger partial charge in [0.05, 0.1) is 6.54 Å². The summed E-state index contributed by atoms with van der Waals surface area (Å²) in [6.07, 6.45) is 0.717. The zero-order chi connectivity index (χ0) is 18.5. The standard InChI is InChI=1S/C22H26N4O/c1-18-7-5-6-10-20(18)16-25-11-13-26(14-12-25)17-22-23-21(24-27-22)15-19-8-3-2-4-9-19/h2-10H,11-17H2,1H3. The van der Waals surface area contributed by atoms with Gasteiger partial charge in [-0.05, 0) is 23.6 Å². The Bertz CT molecular complexity index is 854. The smallest absolute Gasteiger partial charge is 0.240 e. The number of nitrogens with zero attached hydrogens (tertiary/aromatic N) is 4. The second kappa shape index (κ2) is 8.46. The first-order valence-corrected chi connectivity index (χ1v) is 9.61. The lowest BCUT2D eigenvalue weighted by Gasteiger charge is -2.34. The molecule has 5 nitrogen and oxygen atoms in total. The van der Waals surface area contributed by atoms with Gasteiger partial charge in [-0.2, -0.15) is 4.98 Å². The zero-order valence-electron chi connectivity index (χ0n) is 15.8. The molecule has 1 aliphatic heterocycles. The van der Waals surface area contributed by atoms with Crippen LogP contribution in [0.4, 0.5) is 0 Å². The molecule has 2 aromatic carbocycles. The first kappa shape index (κ1) is 17.9. The second-order valence-corrected chi connectivity index (χ2v) is 7.25. The number of hydrogen-bond donors (Lipinski definition) is 0. The molecule has 140 valence electrons. The molecule has 1 saturated heterocycles. The third kappa shape index (κ3) is 4.81. The topological polar surface area (TPSA) is 45.4 Å². The molecule has 0 saturated carbocycles. The summed E-state index contributed by atoms with van der Waals surface area (Å²) in [5.41, 5.74) is 4.00. The molecule has 0 spiro atoms. The maximum Gasteiger partial charge on any atom is 0.240 e. The second-order valence-electron chi connectivity index (χ2n) is 7.25. The van der Waals surface area contributed by atoms with Gasteiger partial charge in [-0.1, -0.05) is 59.8 Å². The van der Waals surface area contributed by atoms with Crippen LogP contribution in [0, 0.1) is 6.92 Å². The van der Waals surface area contributed by atoms with Crippen LogP contribution in [0.2, 0.25) is 0 Å². The van der Waals surface area contributed by atoms with Gasteiger partial charge in [-0.25, -0.2) is 0 Å². The molecular weight excluding hydrogens is 336 g/mol. The van der Waals surface area contributed by atoms with Gasteiger partial charge in [0.25, 0.3) is 0 Å². The molecule has 4 rings (SSSR count). The van der Waals surface area contributed by atoms with E-state index in [2.05, 4.69) is 63.3 Å². The van der Waals surface area contributed by atoms with E-state index in [1.165, 1.54) is 16.7 Å². The van der Waals surface area contributed by atoms with E-state index in [9.17, 15) is 0 Å². The van der Waals surface area contributed by atoms with Gasteiger partial charge in [0, 0.05) is 39.1 Å². The maximum absolute atomic E-state index is 5.46. The summed E-state index contributed by atoms with van der Waals surface area (Å²) in [6.45, 7) is 8.15. The Kier molecular flexibility index (Phi) is 5.61. The Labute approximate surface area is 160 Å². The van der Waals surface area contributed by atoms with Gasteiger partial charge < -0.3 is 4.52 Å². The monoisotopic (exact) mass is 362 g/mol. The first-order valence-electron chi connectivity index (χ1n) is 9.61. The highest BCUT2D eigenvalue weighted by molar-refractivity contribution is 5.25. The molecule has 0 aliphatic carbocycles. The third-order valence-electron chi connectivity index (χ3n) is 5.19. The lowest BCUT2D eigenvalue weighted by molar-refractivity contribution is 0.112. The minimum atomic E-state index is 0.716. The lowest BCUT2D eigenvalue weighted by Crippen LogP contribution is -2.45. The van der Waals surface area contributed by atoms with Crippen molar-refractivity contribution in [1.29, 1.82) is 0 Å². The van der Waals surface area contributed by atoms with Crippen molar-refractivity contribution >= 4 is 0 Å². The molecule has 2 heterocycles. The van der Waals surface area contributed by atoms with E-state index in [0.717, 1.165) is 45.1 Å². The Morgan fingerprint density at radius 2 is 1.52 bits per heavy atom. The lowest BCUT2D eigenvalue weighted by atomic mass is 10.1. The molecule has 0 radical (unpaired) electrons. The zero-order valence-corrected chi connectivity index (χ0v) is 15.8. The molecule has 0 unspecified atom stereocenters. The fourth-order valence-electron chi connectivity index (χ4n) is 3.53. The molecule has 1 aliphatic rings. The largest absolute Gasteiger partial charge is 0.338 e. The van der Waals surface area contributed by atoms with Crippen LogP contribution in [0.15, 0.2) is 59.1 Å². The first-order chi connectivity index (χ1) is 13.3. The highest BCUT2D eigenvalue weighted by Gasteiger charge is 2.19. The van der Waals surface area contributed by atoms with Crippen molar-refractivity contribution in [3.8, 4) is 0 Å². The molecule has 5 heteroatoms. The summed E-state index contributed by atoms with van der Waals surface area (Å²) < 4.78 is 5.46. The summed E-state index contributed by atoms with van der Waals surface area (Å²) in [4.78, 5) is 9.48. The number of hydrogen-bond acceptors (Lipinski definition) is 5. The SMILES string of the molecule is Cc1ccccc1CN1CCN(Cc2nc(Cc3ccccc3)no2)CC1. The van der Waals surface area contributed by atoms with Crippen molar-refractivity contribution in [2.45, 2.75) is 26.4 Å². The molecular formula is C22H26N4O. The predicted octanol–water partition coefficient (Wildman–Crippen LogP) is 3.29. The average Bonchev–Trinajstić information content (AvgIpc) is 3.13. The molecule has 3 aromatic rings. The van der Waals surface area contributed by atoms with E-state index in [-0.39, 0.29) is 0 Å². The molecule has 1 aromatic heterocycles. The van der Waals surface area contributed by atoms with Crippen molar-refractivity contribution in [2.75, 3.05) is 26.2 Å². The van der Waals surface area contributed by atoms with Crippen molar-refractivity contribution in [2.24, 2.45) is 0 Å². The fraction of sp³-hybridized carbons (Fsp3) is 0.364. The Balaban J connectivity index is 1.26. The van der Waals surface area contributed by atoms with Crippen molar-refractivity contribution in [3.63, 3.8) is 0 Å². The van der Waals surface area contributed by atoms with E-state index in [4.69, 9.17) is 4.52 Å². The summed E-state index contributed by atoms with van der Waals surface area (Å²) in [5, 5.41) is 4.13. The van der Waals surface area contributed by atoms with Crippen LogP contribution in [0.5, 0.6) is 0 Å². The van der Waals surface area contributed by atoms with Crippen LogP contribution in [0.3, 0.4) is 0 Å². The van der Waals surface area contributed by atoms with Gasteiger partial charge in [-0.15, -0.1) is 0 Å². The summed E-state index contributed by atoms with van der Waals surface area (Å²) in [7, 11) is 0. The van der Waals surface area contributed by atoms with Crippen molar-refractivity contribution in [1.82, 2.24) is 19.9 Å². The molecule has 0 amide bonds. The predicted molar refractivity (Wildman–Crippen MR) is 105 cm³/mol. The van der Waals surface area contributed by atoms with Gasteiger partial charge in [0.2, 0.25) is 5.89 Å². The van der Waals surface area contributed by atoms with Gasteiger partial charge >= 0.3 is 0 Å². The van der Waals surface area contributed by atoms with Gasteiger partial charge in [0.15, 0.2) is 5.82 Å². The quantitative estimate of drug-likeness (QED) is 0.673. The van der Waals surface area contributed by atoms with Crippen LogP contribution < -0.4 is 0 Å². The highest BCUT2D eigenvalue weighted by Crippen LogP contribution is 2.14. The highest BCUT2D eigenvalue weighted by atomic mass is 16.5. The van der Waals surface area contributed by atoms with E-state index in [1.807, 2.05) is 18.2 Å². The Morgan fingerprint density at radius 1 is 0.852 bits per heavy atom. The molecule has 0 atom stereocenters. The Morgan fingerprint density at radius 3 is 2.26 bits per heavy atom. The van der Waals surface area contributed by atoms with Crippen LogP contribution in [-0.4, -0.2) is 46.1 Å². The number of rotatable bonds is 6.